The number of nitrogens with one attached hydrogen (secondary N) is 1. The summed E-state index contributed by atoms with van der Waals surface area (Å²) in [5.74, 6) is 3.24. The Kier molecular flexibility index (Phi) is 5.01. The summed E-state index contributed by atoms with van der Waals surface area (Å²) in [5.41, 5.74) is 0. The fourth-order valence-electron chi connectivity index (χ4n) is 1.13. The van der Waals surface area contributed by atoms with Crippen molar-refractivity contribution in [3.05, 3.63) is 23.7 Å². The van der Waals surface area contributed by atoms with Crippen molar-refractivity contribution in [2.75, 3.05) is 18.6 Å². The first-order chi connectivity index (χ1) is 6.33. The molecule has 1 rings (SSSR count). The molecule has 1 aromatic rings. The van der Waals surface area contributed by atoms with E-state index < -0.39 is 0 Å². The van der Waals surface area contributed by atoms with Gasteiger partial charge in [0.15, 0.2) is 0 Å². The van der Waals surface area contributed by atoms with E-state index in [4.69, 9.17) is 4.42 Å². The Bertz CT molecular complexity index is 235. The molecule has 0 aliphatic carbocycles. The smallest absolute Gasteiger partial charge is 0.117 e. The third-order valence-corrected chi connectivity index (χ3v) is 2.49. The quantitative estimate of drug-likeness (QED) is 0.712. The Morgan fingerprint density at radius 1 is 1.46 bits per heavy atom. The van der Waals surface area contributed by atoms with Crippen LogP contribution in [0.2, 0.25) is 0 Å². The lowest BCUT2D eigenvalue weighted by Crippen LogP contribution is -2.14. The second-order valence-corrected chi connectivity index (χ2v) is 4.02. The minimum Gasteiger partial charge on any atom is -0.465 e. The van der Waals surface area contributed by atoms with E-state index in [0.29, 0.717) is 0 Å². The fourth-order valence-corrected chi connectivity index (χ4v) is 1.57. The van der Waals surface area contributed by atoms with Gasteiger partial charge in [-0.2, -0.15) is 11.8 Å². The Labute approximate surface area is 84.1 Å². The molecule has 0 aromatic carbocycles. The van der Waals surface area contributed by atoms with Crippen LogP contribution in [-0.2, 0) is 6.54 Å². The largest absolute Gasteiger partial charge is 0.465 e. The molecule has 2 nitrogen and oxygen atoms in total. The maximum Gasteiger partial charge on any atom is 0.117 e. The minimum absolute atomic E-state index is 0.849. The topological polar surface area (TPSA) is 25.2 Å². The van der Waals surface area contributed by atoms with Gasteiger partial charge < -0.3 is 9.73 Å². The van der Waals surface area contributed by atoms with Gasteiger partial charge in [0.25, 0.3) is 0 Å². The van der Waals surface area contributed by atoms with E-state index in [0.717, 1.165) is 24.6 Å². The Morgan fingerprint density at radius 2 is 2.31 bits per heavy atom. The molecule has 0 fully saturated rings. The van der Waals surface area contributed by atoms with Gasteiger partial charge in [-0.1, -0.05) is 0 Å². The second-order valence-electron chi connectivity index (χ2n) is 3.04. The lowest BCUT2D eigenvalue weighted by Gasteiger charge is -2.00. The standard InChI is InChI=1S/C10H17NOS/c1-9-4-5-10(12-9)8-11-6-3-7-13-2/h4-5,11H,3,6-8H2,1-2H3. The number of hydrogen-bond donors (Lipinski definition) is 1. The molecule has 3 heteroatoms. The average Bonchev–Trinajstić information content (AvgIpc) is 2.51. The Morgan fingerprint density at radius 3 is 2.92 bits per heavy atom. The van der Waals surface area contributed by atoms with Gasteiger partial charge in [0.2, 0.25) is 0 Å². The summed E-state index contributed by atoms with van der Waals surface area (Å²) >= 11 is 1.89. The molecular formula is C10H17NOS. The zero-order valence-electron chi connectivity index (χ0n) is 8.30. The average molecular weight is 199 g/mol. The van der Waals surface area contributed by atoms with Gasteiger partial charge in [0.05, 0.1) is 6.54 Å². The molecule has 0 aliphatic heterocycles. The predicted molar refractivity (Wildman–Crippen MR) is 58.2 cm³/mol. The van der Waals surface area contributed by atoms with Crippen LogP contribution in [0.15, 0.2) is 16.5 Å². The molecule has 0 bridgehead atoms. The van der Waals surface area contributed by atoms with Crippen molar-refractivity contribution >= 4 is 11.8 Å². The number of hydrogen-bond acceptors (Lipinski definition) is 3. The molecule has 0 atom stereocenters. The van der Waals surface area contributed by atoms with Crippen LogP contribution in [0.5, 0.6) is 0 Å². The van der Waals surface area contributed by atoms with Crippen LogP contribution in [0.3, 0.4) is 0 Å². The summed E-state index contributed by atoms with van der Waals surface area (Å²) in [7, 11) is 0. The van der Waals surface area contributed by atoms with Crippen LogP contribution in [0.1, 0.15) is 17.9 Å². The van der Waals surface area contributed by atoms with Gasteiger partial charge in [-0.05, 0) is 44.0 Å². The maximum absolute atomic E-state index is 5.42. The van der Waals surface area contributed by atoms with E-state index in [1.165, 1.54) is 12.2 Å². The summed E-state index contributed by atoms with van der Waals surface area (Å²) < 4.78 is 5.42. The molecule has 0 aliphatic rings. The summed E-state index contributed by atoms with van der Waals surface area (Å²) in [6.07, 6.45) is 3.36. The van der Waals surface area contributed by atoms with E-state index in [1.807, 2.05) is 30.8 Å². The van der Waals surface area contributed by atoms with E-state index in [9.17, 15) is 0 Å². The van der Waals surface area contributed by atoms with Crippen LogP contribution >= 0.6 is 11.8 Å². The van der Waals surface area contributed by atoms with Gasteiger partial charge in [-0.25, -0.2) is 0 Å². The first kappa shape index (κ1) is 10.7. The first-order valence-corrected chi connectivity index (χ1v) is 5.97. The SMILES string of the molecule is CSCCCNCc1ccc(C)o1. The van der Waals surface area contributed by atoms with E-state index in [2.05, 4.69) is 11.6 Å². The fraction of sp³-hybridized carbons (Fsp3) is 0.600. The molecular weight excluding hydrogens is 182 g/mol. The molecule has 1 N–H and O–H groups in total. The third-order valence-electron chi connectivity index (χ3n) is 1.80. The van der Waals surface area contributed by atoms with Crippen molar-refractivity contribution in [3.63, 3.8) is 0 Å². The Hall–Kier alpha value is -0.410. The monoisotopic (exact) mass is 199 g/mol. The van der Waals surface area contributed by atoms with Crippen LogP contribution in [0, 0.1) is 6.92 Å². The van der Waals surface area contributed by atoms with Crippen molar-refractivity contribution in [3.8, 4) is 0 Å². The number of aryl methyl sites for hydroxylation is 1. The highest BCUT2D eigenvalue weighted by Crippen LogP contribution is 2.05. The van der Waals surface area contributed by atoms with Crippen molar-refractivity contribution in [2.24, 2.45) is 0 Å². The normalized spacial score (nSPS) is 10.6. The molecule has 1 heterocycles. The lowest BCUT2D eigenvalue weighted by atomic mass is 10.4. The van der Waals surface area contributed by atoms with Gasteiger partial charge in [-0.3, -0.25) is 0 Å². The van der Waals surface area contributed by atoms with Crippen molar-refractivity contribution < 1.29 is 4.42 Å². The van der Waals surface area contributed by atoms with Gasteiger partial charge in [0.1, 0.15) is 11.5 Å². The highest BCUT2D eigenvalue weighted by Gasteiger charge is 1.96. The number of thioether (sulfide) groups is 1. The highest BCUT2D eigenvalue weighted by molar-refractivity contribution is 7.98. The zero-order valence-corrected chi connectivity index (χ0v) is 9.12. The summed E-state index contributed by atoms with van der Waals surface area (Å²) in [6.45, 7) is 3.89. The van der Waals surface area contributed by atoms with E-state index in [1.54, 1.807) is 0 Å². The van der Waals surface area contributed by atoms with Crippen molar-refractivity contribution in [1.82, 2.24) is 5.32 Å². The molecule has 0 saturated carbocycles. The highest BCUT2D eigenvalue weighted by atomic mass is 32.2. The van der Waals surface area contributed by atoms with Crippen molar-refractivity contribution in [1.29, 1.82) is 0 Å². The lowest BCUT2D eigenvalue weighted by molar-refractivity contribution is 0.462. The van der Waals surface area contributed by atoms with Crippen LogP contribution in [0.4, 0.5) is 0 Å². The minimum atomic E-state index is 0.849. The van der Waals surface area contributed by atoms with Gasteiger partial charge >= 0.3 is 0 Å². The molecule has 0 amide bonds. The zero-order chi connectivity index (χ0) is 9.52. The van der Waals surface area contributed by atoms with Crippen LogP contribution < -0.4 is 5.32 Å². The number of furan rings is 1. The van der Waals surface area contributed by atoms with Gasteiger partial charge in [0, 0.05) is 0 Å². The summed E-state index contributed by atoms with van der Waals surface area (Å²) in [4.78, 5) is 0. The predicted octanol–water partition coefficient (Wildman–Crippen LogP) is 2.43. The summed E-state index contributed by atoms with van der Waals surface area (Å²) in [5, 5.41) is 3.34. The molecule has 0 radical (unpaired) electrons. The number of rotatable bonds is 6. The van der Waals surface area contributed by atoms with Crippen molar-refractivity contribution in [2.45, 2.75) is 19.9 Å². The van der Waals surface area contributed by atoms with Crippen LogP contribution in [-0.4, -0.2) is 18.6 Å². The second kappa shape index (κ2) is 6.11. The molecule has 0 spiro atoms. The molecule has 0 saturated heterocycles. The molecule has 13 heavy (non-hydrogen) atoms. The Balaban J connectivity index is 2.06. The first-order valence-electron chi connectivity index (χ1n) is 4.58. The van der Waals surface area contributed by atoms with E-state index >= 15 is 0 Å². The van der Waals surface area contributed by atoms with E-state index in [-0.39, 0.29) is 0 Å². The van der Waals surface area contributed by atoms with Gasteiger partial charge in [-0.15, -0.1) is 0 Å². The molecule has 74 valence electrons. The third kappa shape index (κ3) is 4.39. The molecule has 0 unspecified atom stereocenters. The maximum atomic E-state index is 5.42. The van der Waals surface area contributed by atoms with Crippen LogP contribution in [0.25, 0.3) is 0 Å². The summed E-state index contributed by atoms with van der Waals surface area (Å²) in [6, 6.07) is 4.02. The molecule has 1 aromatic heterocycles.